The zero-order valence-electron chi connectivity index (χ0n) is 13.4. The van der Waals surface area contributed by atoms with Crippen molar-refractivity contribution in [3.8, 4) is 0 Å². The Kier molecular flexibility index (Phi) is 4.19. The summed E-state index contributed by atoms with van der Waals surface area (Å²) in [6.45, 7) is 4.58. The minimum Gasteiger partial charge on any atom is -0.353 e. The van der Waals surface area contributed by atoms with Crippen LogP contribution in [0.15, 0.2) is 18.2 Å². The van der Waals surface area contributed by atoms with Gasteiger partial charge in [-0.05, 0) is 43.9 Å². The lowest BCUT2D eigenvalue weighted by Gasteiger charge is -2.20. The van der Waals surface area contributed by atoms with E-state index < -0.39 is 0 Å². The number of carbonyl (C=O) groups excluding carboxylic acids is 2. The average molecular weight is 300 g/mol. The van der Waals surface area contributed by atoms with E-state index in [2.05, 4.69) is 5.32 Å². The van der Waals surface area contributed by atoms with E-state index in [0.29, 0.717) is 19.0 Å². The highest BCUT2D eigenvalue weighted by Crippen LogP contribution is 2.29. The Morgan fingerprint density at radius 3 is 2.68 bits per heavy atom. The van der Waals surface area contributed by atoms with Crippen molar-refractivity contribution >= 4 is 17.5 Å². The number of rotatable bonds is 3. The fourth-order valence-electron chi connectivity index (χ4n) is 3.53. The second-order valence-corrected chi connectivity index (χ2v) is 6.61. The third-order valence-corrected chi connectivity index (χ3v) is 5.06. The standard InChI is InChI=1S/C18H24N2O2/c1-12-6-5-9-16(13(12)2)20-11-14(10-17(20)21)18(22)19-15-7-3-4-8-15/h5-6,9,14-15H,3-4,7-8,10-11H2,1-2H3,(H,19,22)/t14-/m1/s1. The number of anilines is 1. The number of hydrogen-bond acceptors (Lipinski definition) is 2. The van der Waals surface area contributed by atoms with Crippen molar-refractivity contribution in [2.75, 3.05) is 11.4 Å². The Balaban J connectivity index is 1.70. The Morgan fingerprint density at radius 2 is 1.95 bits per heavy atom. The summed E-state index contributed by atoms with van der Waals surface area (Å²) in [6, 6.07) is 6.30. The molecule has 1 aromatic carbocycles. The SMILES string of the molecule is Cc1cccc(N2C[C@H](C(=O)NC3CCCC3)CC2=O)c1C. The molecular weight excluding hydrogens is 276 g/mol. The van der Waals surface area contributed by atoms with E-state index in [1.54, 1.807) is 4.90 Å². The Morgan fingerprint density at radius 1 is 1.23 bits per heavy atom. The molecule has 0 spiro atoms. The predicted molar refractivity (Wildman–Crippen MR) is 86.8 cm³/mol. The van der Waals surface area contributed by atoms with E-state index in [1.807, 2.05) is 32.0 Å². The second kappa shape index (κ2) is 6.11. The minimum atomic E-state index is -0.215. The van der Waals surface area contributed by atoms with Crippen molar-refractivity contribution in [3.63, 3.8) is 0 Å². The summed E-state index contributed by atoms with van der Waals surface area (Å²) in [6.07, 6.45) is 4.87. The minimum absolute atomic E-state index is 0.0491. The Labute approximate surface area is 131 Å². The lowest BCUT2D eigenvalue weighted by Crippen LogP contribution is -2.38. The number of hydrogen-bond donors (Lipinski definition) is 1. The second-order valence-electron chi connectivity index (χ2n) is 6.61. The summed E-state index contributed by atoms with van der Waals surface area (Å²) in [5, 5.41) is 3.12. The molecule has 2 amide bonds. The van der Waals surface area contributed by atoms with Crippen LogP contribution in [0.25, 0.3) is 0 Å². The summed E-state index contributed by atoms with van der Waals surface area (Å²) in [7, 11) is 0. The third-order valence-electron chi connectivity index (χ3n) is 5.06. The molecule has 1 saturated heterocycles. The Hall–Kier alpha value is -1.84. The van der Waals surface area contributed by atoms with Gasteiger partial charge in [0.15, 0.2) is 0 Å². The molecule has 1 N–H and O–H groups in total. The van der Waals surface area contributed by atoms with Crippen molar-refractivity contribution < 1.29 is 9.59 Å². The molecule has 0 bridgehead atoms. The van der Waals surface area contributed by atoms with E-state index in [9.17, 15) is 9.59 Å². The normalized spacial score (nSPS) is 22.4. The molecule has 4 nitrogen and oxygen atoms in total. The van der Waals surface area contributed by atoms with E-state index in [-0.39, 0.29) is 17.7 Å². The zero-order chi connectivity index (χ0) is 15.7. The molecule has 1 aliphatic carbocycles. The highest BCUT2D eigenvalue weighted by atomic mass is 16.2. The van der Waals surface area contributed by atoms with Gasteiger partial charge in [0, 0.05) is 24.7 Å². The maximum Gasteiger partial charge on any atom is 0.227 e. The maximum atomic E-state index is 12.4. The highest BCUT2D eigenvalue weighted by molar-refractivity contribution is 6.00. The molecule has 1 saturated carbocycles. The van der Waals surface area contributed by atoms with E-state index in [1.165, 1.54) is 18.4 Å². The molecular formula is C18H24N2O2. The van der Waals surface area contributed by atoms with Crippen LogP contribution in [0.1, 0.15) is 43.2 Å². The van der Waals surface area contributed by atoms with Crippen molar-refractivity contribution in [1.82, 2.24) is 5.32 Å². The van der Waals surface area contributed by atoms with E-state index in [0.717, 1.165) is 24.1 Å². The molecule has 1 heterocycles. The van der Waals surface area contributed by atoms with Gasteiger partial charge in [0.1, 0.15) is 0 Å². The fourth-order valence-corrected chi connectivity index (χ4v) is 3.53. The third kappa shape index (κ3) is 2.87. The van der Waals surface area contributed by atoms with Gasteiger partial charge in [0.05, 0.1) is 5.92 Å². The molecule has 4 heteroatoms. The van der Waals surface area contributed by atoms with Crippen LogP contribution >= 0.6 is 0 Å². The quantitative estimate of drug-likeness (QED) is 0.933. The van der Waals surface area contributed by atoms with Crippen LogP contribution in [0.3, 0.4) is 0 Å². The summed E-state index contributed by atoms with van der Waals surface area (Å²) >= 11 is 0. The van der Waals surface area contributed by atoms with Crippen LogP contribution < -0.4 is 10.2 Å². The van der Waals surface area contributed by atoms with Crippen LogP contribution in [0, 0.1) is 19.8 Å². The number of aryl methyl sites for hydroxylation is 1. The van der Waals surface area contributed by atoms with Crippen LogP contribution in [0.2, 0.25) is 0 Å². The van der Waals surface area contributed by atoms with E-state index in [4.69, 9.17) is 0 Å². The largest absolute Gasteiger partial charge is 0.353 e. The van der Waals surface area contributed by atoms with Crippen LogP contribution in [-0.2, 0) is 9.59 Å². The van der Waals surface area contributed by atoms with Gasteiger partial charge in [-0.3, -0.25) is 9.59 Å². The van der Waals surface area contributed by atoms with Crippen molar-refractivity contribution in [3.05, 3.63) is 29.3 Å². The monoisotopic (exact) mass is 300 g/mol. The average Bonchev–Trinajstić information content (AvgIpc) is 3.12. The van der Waals surface area contributed by atoms with Crippen molar-refractivity contribution in [1.29, 1.82) is 0 Å². The molecule has 1 aliphatic heterocycles. The van der Waals surface area contributed by atoms with Crippen LogP contribution in [0.5, 0.6) is 0 Å². The zero-order valence-corrected chi connectivity index (χ0v) is 13.4. The lowest BCUT2D eigenvalue weighted by atomic mass is 10.1. The molecule has 22 heavy (non-hydrogen) atoms. The number of nitrogens with zero attached hydrogens (tertiary/aromatic N) is 1. The maximum absolute atomic E-state index is 12.4. The summed E-state index contributed by atoms with van der Waals surface area (Å²) in [4.78, 5) is 26.5. The number of amides is 2. The lowest BCUT2D eigenvalue weighted by molar-refractivity contribution is -0.126. The first-order valence-electron chi connectivity index (χ1n) is 8.23. The highest BCUT2D eigenvalue weighted by Gasteiger charge is 2.36. The van der Waals surface area contributed by atoms with E-state index >= 15 is 0 Å². The number of benzene rings is 1. The van der Waals surface area contributed by atoms with Gasteiger partial charge >= 0.3 is 0 Å². The first kappa shape index (κ1) is 15.1. The Bertz CT molecular complexity index is 591. The van der Waals surface area contributed by atoms with Crippen molar-refractivity contribution in [2.45, 2.75) is 52.0 Å². The fraction of sp³-hybridized carbons (Fsp3) is 0.556. The molecule has 3 rings (SSSR count). The predicted octanol–water partition coefficient (Wildman–Crippen LogP) is 2.72. The summed E-state index contributed by atoms with van der Waals surface area (Å²) in [5.74, 6) is -0.110. The van der Waals surface area contributed by atoms with Gasteiger partial charge in [0.25, 0.3) is 0 Å². The summed E-state index contributed by atoms with van der Waals surface area (Å²) < 4.78 is 0. The number of nitrogens with one attached hydrogen (secondary N) is 1. The molecule has 0 radical (unpaired) electrons. The molecule has 1 atom stereocenters. The molecule has 0 aromatic heterocycles. The first-order valence-corrected chi connectivity index (χ1v) is 8.23. The molecule has 0 unspecified atom stereocenters. The molecule has 118 valence electrons. The summed E-state index contributed by atoms with van der Waals surface area (Å²) in [5.41, 5.74) is 3.23. The van der Waals surface area contributed by atoms with Crippen molar-refractivity contribution in [2.24, 2.45) is 5.92 Å². The molecule has 1 aromatic rings. The number of carbonyl (C=O) groups is 2. The van der Waals surface area contributed by atoms with Gasteiger partial charge in [-0.2, -0.15) is 0 Å². The molecule has 2 aliphatic rings. The van der Waals surface area contributed by atoms with Gasteiger partial charge < -0.3 is 10.2 Å². The van der Waals surface area contributed by atoms with Crippen LogP contribution in [-0.4, -0.2) is 24.4 Å². The topological polar surface area (TPSA) is 49.4 Å². The molecule has 2 fully saturated rings. The van der Waals surface area contributed by atoms with Gasteiger partial charge in [-0.1, -0.05) is 25.0 Å². The smallest absolute Gasteiger partial charge is 0.227 e. The van der Waals surface area contributed by atoms with Gasteiger partial charge in [0.2, 0.25) is 11.8 Å². The van der Waals surface area contributed by atoms with Crippen LogP contribution in [0.4, 0.5) is 5.69 Å². The van der Waals surface area contributed by atoms with Gasteiger partial charge in [-0.25, -0.2) is 0 Å². The first-order chi connectivity index (χ1) is 10.6. The van der Waals surface area contributed by atoms with Gasteiger partial charge in [-0.15, -0.1) is 0 Å².